The summed E-state index contributed by atoms with van der Waals surface area (Å²) in [6.45, 7) is 8.05. The van der Waals surface area contributed by atoms with Crippen molar-refractivity contribution in [2.45, 2.75) is 39.9 Å². The molecule has 2 aromatic rings. The van der Waals surface area contributed by atoms with E-state index in [4.69, 9.17) is 0 Å². The van der Waals surface area contributed by atoms with Crippen LogP contribution in [0.4, 0.5) is 0 Å². The summed E-state index contributed by atoms with van der Waals surface area (Å²) in [6.07, 6.45) is 7.75. The molecule has 0 aliphatic carbocycles. The van der Waals surface area contributed by atoms with Crippen LogP contribution in [-0.4, -0.2) is 14.8 Å². The lowest BCUT2D eigenvalue weighted by atomic mass is 10.1. The number of pyridine rings is 1. The zero-order chi connectivity index (χ0) is 13.0. The number of nitrogens with zero attached hydrogens (tertiary/aromatic N) is 3. The minimum atomic E-state index is 0.418. The second-order valence-electron chi connectivity index (χ2n) is 4.83. The maximum Gasteiger partial charge on any atom is 0.0534 e. The normalized spacial score (nSPS) is 11.1. The second-order valence-corrected chi connectivity index (χ2v) is 4.83. The predicted octanol–water partition coefficient (Wildman–Crippen LogP) is 2.46. The van der Waals surface area contributed by atoms with Gasteiger partial charge in [-0.05, 0) is 38.0 Å². The predicted molar refractivity (Wildman–Crippen MR) is 72.1 cm³/mol. The fraction of sp³-hybridized carbons (Fsp3) is 0.429. The Balaban J connectivity index is 1.87. The van der Waals surface area contributed by atoms with Gasteiger partial charge in [0.1, 0.15) is 0 Å². The number of rotatable bonds is 5. The summed E-state index contributed by atoms with van der Waals surface area (Å²) in [6, 6.07) is 2.47. The lowest BCUT2D eigenvalue weighted by molar-refractivity contribution is 0.531. The Labute approximate surface area is 108 Å². The first-order chi connectivity index (χ1) is 8.66. The molecule has 0 radical (unpaired) electrons. The van der Waals surface area contributed by atoms with E-state index >= 15 is 0 Å². The van der Waals surface area contributed by atoms with E-state index < -0.39 is 0 Å². The molecular formula is C14H20N4. The summed E-state index contributed by atoms with van der Waals surface area (Å²) in [5.41, 5.74) is 3.74. The number of hydrogen-bond donors (Lipinski definition) is 1. The fourth-order valence-electron chi connectivity index (χ4n) is 1.79. The summed E-state index contributed by atoms with van der Waals surface area (Å²) in [5, 5.41) is 7.76. The van der Waals surface area contributed by atoms with Gasteiger partial charge in [0, 0.05) is 43.3 Å². The van der Waals surface area contributed by atoms with Gasteiger partial charge >= 0.3 is 0 Å². The Kier molecular flexibility index (Phi) is 4.10. The van der Waals surface area contributed by atoms with Crippen molar-refractivity contribution in [2.75, 3.05) is 0 Å². The standard InChI is InChI=1S/C14H20N4/c1-11(2)18-10-13(8-17-18)7-16-9-14-4-5-15-6-12(14)3/h4-6,8,10-11,16H,7,9H2,1-3H3. The molecule has 0 unspecified atom stereocenters. The van der Waals surface area contributed by atoms with Gasteiger partial charge < -0.3 is 5.32 Å². The summed E-state index contributed by atoms with van der Waals surface area (Å²) in [4.78, 5) is 4.09. The third-order valence-electron chi connectivity index (χ3n) is 2.97. The Bertz CT molecular complexity index is 502. The highest BCUT2D eigenvalue weighted by atomic mass is 15.3. The average molecular weight is 244 g/mol. The first-order valence-corrected chi connectivity index (χ1v) is 6.30. The lowest BCUT2D eigenvalue weighted by Crippen LogP contribution is -2.13. The van der Waals surface area contributed by atoms with Crippen molar-refractivity contribution in [1.82, 2.24) is 20.1 Å². The van der Waals surface area contributed by atoms with Crippen LogP contribution in [0.3, 0.4) is 0 Å². The van der Waals surface area contributed by atoms with Crippen LogP contribution in [0.2, 0.25) is 0 Å². The number of hydrogen-bond acceptors (Lipinski definition) is 3. The summed E-state index contributed by atoms with van der Waals surface area (Å²) < 4.78 is 1.98. The molecule has 2 heterocycles. The molecule has 2 aromatic heterocycles. The van der Waals surface area contributed by atoms with Crippen LogP contribution in [0.5, 0.6) is 0 Å². The Morgan fingerprint density at radius 3 is 2.78 bits per heavy atom. The SMILES string of the molecule is Cc1cnccc1CNCc1cnn(C(C)C)c1. The summed E-state index contributed by atoms with van der Waals surface area (Å²) in [5.74, 6) is 0. The molecule has 96 valence electrons. The zero-order valence-corrected chi connectivity index (χ0v) is 11.2. The molecular weight excluding hydrogens is 224 g/mol. The van der Waals surface area contributed by atoms with Gasteiger partial charge in [0.15, 0.2) is 0 Å². The molecule has 4 heteroatoms. The molecule has 0 saturated carbocycles. The van der Waals surface area contributed by atoms with E-state index in [1.807, 2.05) is 23.3 Å². The lowest BCUT2D eigenvalue weighted by Gasteiger charge is -2.06. The van der Waals surface area contributed by atoms with Crippen molar-refractivity contribution < 1.29 is 0 Å². The average Bonchev–Trinajstić information content (AvgIpc) is 2.80. The molecule has 0 spiro atoms. The Morgan fingerprint density at radius 2 is 2.11 bits per heavy atom. The number of nitrogens with one attached hydrogen (secondary N) is 1. The van der Waals surface area contributed by atoms with Gasteiger partial charge in [0.25, 0.3) is 0 Å². The quantitative estimate of drug-likeness (QED) is 0.878. The highest BCUT2D eigenvalue weighted by Crippen LogP contribution is 2.07. The van der Waals surface area contributed by atoms with Crippen LogP contribution in [0.25, 0.3) is 0 Å². The van der Waals surface area contributed by atoms with Gasteiger partial charge in [-0.2, -0.15) is 5.10 Å². The molecule has 0 aromatic carbocycles. The minimum absolute atomic E-state index is 0.418. The van der Waals surface area contributed by atoms with Crippen molar-refractivity contribution in [3.05, 3.63) is 47.5 Å². The van der Waals surface area contributed by atoms with E-state index in [0.717, 1.165) is 13.1 Å². The molecule has 0 atom stereocenters. The van der Waals surface area contributed by atoms with Gasteiger partial charge in [-0.25, -0.2) is 0 Å². The van der Waals surface area contributed by atoms with E-state index in [-0.39, 0.29) is 0 Å². The Morgan fingerprint density at radius 1 is 1.28 bits per heavy atom. The van der Waals surface area contributed by atoms with Gasteiger partial charge in [-0.15, -0.1) is 0 Å². The van der Waals surface area contributed by atoms with Crippen LogP contribution in [0.15, 0.2) is 30.9 Å². The van der Waals surface area contributed by atoms with Crippen molar-refractivity contribution in [2.24, 2.45) is 0 Å². The monoisotopic (exact) mass is 244 g/mol. The Hall–Kier alpha value is -1.68. The third-order valence-corrected chi connectivity index (χ3v) is 2.97. The van der Waals surface area contributed by atoms with Crippen molar-refractivity contribution >= 4 is 0 Å². The van der Waals surface area contributed by atoms with E-state index in [1.54, 1.807) is 0 Å². The molecule has 0 bridgehead atoms. The molecule has 0 fully saturated rings. The van der Waals surface area contributed by atoms with E-state index in [1.165, 1.54) is 16.7 Å². The van der Waals surface area contributed by atoms with Gasteiger partial charge in [0.05, 0.1) is 6.20 Å². The van der Waals surface area contributed by atoms with Crippen molar-refractivity contribution in [1.29, 1.82) is 0 Å². The van der Waals surface area contributed by atoms with Crippen molar-refractivity contribution in [3.8, 4) is 0 Å². The first-order valence-electron chi connectivity index (χ1n) is 6.30. The molecule has 4 nitrogen and oxygen atoms in total. The fourth-order valence-corrected chi connectivity index (χ4v) is 1.79. The highest BCUT2D eigenvalue weighted by molar-refractivity contribution is 5.21. The number of aryl methyl sites for hydroxylation is 1. The van der Waals surface area contributed by atoms with Crippen LogP contribution >= 0.6 is 0 Å². The third kappa shape index (κ3) is 3.17. The molecule has 18 heavy (non-hydrogen) atoms. The van der Waals surface area contributed by atoms with Gasteiger partial charge in [-0.3, -0.25) is 9.67 Å². The van der Waals surface area contributed by atoms with E-state index in [0.29, 0.717) is 6.04 Å². The zero-order valence-electron chi connectivity index (χ0n) is 11.2. The largest absolute Gasteiger partial charge is 0.308 e. The molecule has 1 N–H and O–H groups in total. The van der Waals surface area contributed by atoms with Crippen LogP contribution in [0, 0.1) is 6.92 Å². The first kappa shape index (κ1) is 12.8. The topological polar surface area (TPSA) is 42.7 Å². The van der Waals surface area contributed by atoms with Gasteiger partial charge in [-0.1, -0.05) is 0 Å². The molecule has 2 rings (SSSR count). The highest BCUT2D eigenvalue weighted by Gasteiger charge is 2.02. The molecule has 0 amide bonds. The van der Waals surface area contributed by atoms with E-state index in [2.05, 4.69) is 48.4 Å². The van der Waals surface area contributed by atoms with Crippen LogP contribution in [-0.2, 0) is 13.1 Å². The minimum Gasteiger partial charge on any atom is -0.308 e. The smallest absolute Gasteiger partial charge is 0.0534 e. The molecule has 0 saturated heterocycles. The van der Waals surface area contributed by atoms with Crippen LogP contribution in [0.1, 0.15) is 36.6 Å². The van der Waals surface area contributed by atoms with E-state index in [9.17, 15) is 0 Å². The molecule has 0 aliphatic rings. The van der Waals surface area contributed by atoms with Gasteiger partial charge in [0.2, 0.25) is 0 Å². The summed E-state index contributed by atoms with van der Waals surface area (Å²) >= 11 is 0. The maximum absolute atomic E-state index is 4.33. The van der Waals surface area contributed by atoms with Crippen molar-refractivity contribution in [3.63, 3.8) is 0 Å². The van der Waals surface area contributed by atoms with Crippen LogP contribution < -0.4 is 5.32 Å². The second kappa shape index (κ2) is 5.78. The maximum atomic E-state index is 4.33. The number of aromatic nitrogens is 3. The molecule has 0 aliphatic heterocycles. The summed E-state index contributed by atoms with van der Waals surface area (Å²) in [7, 11) is 0.